The number of nitrogens with one attached hydrogen (secondary N) is 1. The Morgan fingerprint density at radius 3 is 2.53 bits per heavy atom. The van der Waals surface area contributed by atoms with Gasteiger partial charge in [-0.15, -0.1) is 12.4 Å². The smallest absolute Gasteiger partial charge is 0.119 e. The van der Waals surface area contributed by atoms with Gasteiger partial charge in [-0.2, -0.15) is 0 Å². The molecule has 0 aliphatic heterocycles. The third kappa shape index (κ3) is 8.65. The summed E-state index contributed by atoms with van der Waals surface area (Å²) in [7, 11) is 0. The molecular formula is C15H24ClNO2. The Morgan fingerprint density at radius 1 is 1.16 bits per heavy atom. The van der Waals surface area contributed by atoms with Crippen LogP contribution in [0.5, 0.6) is 5.75 Å². The van der Waals surface area contributed by atoms with Crippen molar-refractivity contribution in [2.24, 2.45) is 0 Å². The Balaban J connectivity index is 0.00000324. The van der Waals surface area contributed by atoms with E-state index in [9.17, 15) is 0 Å². The number of aliphatic hydroxyl groups is 1. The molecule has 0 saturated carbocycles. The summed E-state index contributed by atoms with van der Waals surface area (Å²) >= 11 is 0. The first-order chi connectivity index (χ1) is 8.86. The van der Waals surface area contributed by atoms with Gasteiger partial charge in [-0.05, 0) is 43.5 Å². The number of halogens is 1. The molecule has 108 valence electrons. The maximum atomic E-state index is 8.65. The molecule has 0 amide bonds. The lowest BCUT2D eigenvalue weighted by Gasteiger charge is -2.06. The fourth-order valence-electron chi connectivity index (χ4n) is 1.63. The molecular weight excluding hydrogens is 262 g/mol. The lowest BCUT2D eigenvalue weighted by atomic mass is 10.2. The Hall–Kier alpha value is -1.03. The van der Waals surface area contributed by atoms with Crippen LogP contribution >= 0.6 is 12.4 Å². The van der Waals surface area contributed by atoms with Crippen LogP contribution in [0.25, 0.3) is 0 Å². The van der Waals surface area contributed by atoms with Crippen molar-refractivity contribution in [1.29, 1.82) is 0 Å². The van der Waals surface area contributed by atoms with E-state index in [1.165, 1.54) is 5.56 Å². The van der Waals surface area contributed by atoms with Crippen LogP contribution in [0, 0.1) is 0 Å². The van der Waals surface area contributed by atoms with Crippen LogP contribution in [-0.2, 0) is 6.54 Å². The van der Waals surface area contributed by atoms with E-state index < -0.39 is 0 Å². The minimum absolute atomic E-state index is 0. The minimum atomic E-state index is 0. The van der Waals surface area contributed by atoms with Gasteiger partial charge < -0.3 is 15.2 Å². The van der Waals surface area contributed by atoms with Crippen LogP contribution in [0.2, 0.25) is 0 Å². The number of hydrogen-bond acceptors (Lipinski definition) is 3. The highest BCUT2D eigenvalue weighted by molar-refractivity contribution is 5.85. The van der Waals surface area contributed by atoms with Crippen LogP contribution in [0.4, 0.5) is 0 Å². The first kappa shape index (κ1) is 18.0. The molecule has 19 heavy (non-hydrogen) atoms. The van der Waals surface area contributed by atoms with Crippen molar-refractivity contribution in [2.75, 3.05) is 19.8 Å². The van der Waals surface area contributed by atoms with Gasteiger partial charge >= 0.3 is 0 Å². The lowest BCUT2D eigenvalue weighted by Crippen LogP contribution is -2.14. The SMILES string of the molecule is C=CCOc1ccc(CNCCCCCO)cc1.Cl. The summed E-state index contributed by atoms with van der Waals surface area (Å²) in [4.78, 5) is 0. The van der Waals surface area contributed by atoms with Gasteiger partial charge in [0.05, 0.1) is 0 Å². The van der Waals surface area contributed by atoms with Crippen LogP contribution in [0.3, 0.4) is 0 Å². The monoisotopic (exact) mass is 285 g/mol. The fourth-order valence-corrected chi connectivity index (χ4v) is 1.63. The zero-order valence-electron chi connectivity index (χ0n) is 11.3. The Kier molecular flexibility index (Phi) is 11.4. The van der Waals surface area contributed by atoms with Crippen molar-refractivity contribution in [3.63, 3.8) is 0 Å². The average Bonchev–Trinajstić information content (AvgIpc) is 2.42. The molecule has 0 bridgehead atoms. The van der Waals surface area contributed by atoms with Crippen molar-refractivity contribution in [3.05, 3.63) is 42.5 Å². The third-order valence-corrected chi connectivity index (χ3v) is 2.63. The summed E-state index contributed by atoms with van der Waals surface area (Å²) in [5.74, 6) is 0.876. The standard InChI is InChI=1S/C15H23NO2.ClH/c1-2-12-18-15-8-6-14(7-9-15)13-16-10-4-3-5-11-17;/h2,6-9,16-17H,1,3-5,10-13H2;1H. The molecule has 0 unspecified atom stereocenters. The van der Waals surface area contributed by atoms with E-state index in [1.807, 2.05) is 12.1 Å². The number of aliphatic hydroxyl groups excluding tert-OH is 1. The normalized spacial score (nSPS) is 9.74. The summed E-state index contributed by atoms with van der Waals surface area (Å²) in [5, 5.41) is 12.0. The van der Waals surface area contributed by atoms with E-state index in [4.69, 9.17) is 9.84 Å². The molecule has 0 spiro atoms. The van der Waals surface area contributed by atoms with Crippen molar-refractivity contribution in [1.82, 2.24) is 5.32 Å². The molecule has 1 aromatic carbocycles. The second-order valence-corrected chi connectivity index (χ2v) is 4.20. The first-order valence-electron chi connectivity index (χ1n) is 6.51. The molecule has 4 heteroatoms. The summed E-state index contributed by atoms with van der Waals surface area (Å²) in [6, 6.07) is 8.09. The van der Waals surface area contributed by atoms with E-state index >= 15 is 0 Å². The van der Waals surface area contributed by atoms with Crippen molar-refractivity contribution < 1.29 is 9.84 Å². The predicted octanol–water partition coefficient (Wildman–Crippen LogP) is 2.93. The number of benzene rings is 1. The molecule has 0 radical (unpaired) electrons. The van der Waals surface area contributed by atoms with Gasteiger partial charge in [0.2, 0.25) is 0 Å². The molecule has 0 heterocycles. The topological polar surface area (TPSA) is 41.5 Å². The molecule has 3 nitrogen and oxygen atoms in total. The summed E-state index contributed by atoms with van der Waals surface area (Å²) in [6.07, 6.45) is 4.83. The Morgan fingerprint density at radius 2 is 1.89 bits per heavy atom. The van der Waals surface area contributed by atoms with Crippen molar-refractivity contribution in [2.45, 2.75) is 25.8 Å². The number of hydrogen-bond donors (Lipinski definition) is 2. The molecule has 0 aromatic heterocycles. The van der Waals surface area contributed by atoms with E-state index in [2.05, 4.69) is 24.0 Å². The zero-order valence-corrected chi connectivity index (χ0v) is 12.1. The number of ether oxygens (including phenoxy) is 1. The maximum absolute atomic E-state index is 8.65. The zero-order chi connectivity index (χ0) is 13.1. The van der Waals surface area contributed by atoms with Crippen molar-refractivity contribution >= 4 is 12.4 Å². The molecule has 0 aliphatic rings. The molecule has 1 aromatic rings. The van der Waals surface area contributed by atoms with Gasteiger partial charge in [0.15, 0.2) is 0 Å². The van der Waals surface area contributed by atoms with Gasteiger partial charge in [0.1, 0.15) is 12.4 Å². The highest BCUT2D eigenvalue weighted by Crippen LogP contribution is 2.11. The first-order valence-corrected chi connectivity index (χ1v) is 6.51. The third-order valence-electron chi connectivity index (χ3n) is 2.63. The van der Waals surface area contributed by atoms with Gasteiger partial charge in [0.25, 0.3) is 0 Å². The maximum Gasteiger partial charge on any atom is 0.119 e. The molecule has 0 atom stereocenters. The van der Waals surface area contributed by atoms with Gasteiger partial charge in [-0.1, -0.05) is 24.8 Å². The quantitative estimate of drug-likeness (QED) is 0.513. The van der Waals surface area contributed by atoms with E-state index in [-0.39, 0.29) is 12.4 Å². The number of unbranched alkanes of at least 4 members (excludes halogenated alkanes) is 2. The molecule has 1 rings (SSSR count). The minimum Gasteiger partial charge on any atom is -0.490 e. The van der Waals surface area contributed by atoms with Gasteiger partial charge in [-0.25, -0.2) is 0 Å². The van der Waals surface area contributed by atoms with Crippen LogP contribution < -0.4 is 10.1 Å². The Labute approximate surface area is 122 Å². The summed E-state index contributed by atoms with van der Waals surface area (Å²) in [6.45, 7) is 6.33. The highest BCUT2D eigenvalue weighted by Gasteiger charge is 1.95. The predicted molar refractivity (Wildman–Crippen MR) is 82.0 cm³/mol. The van der Waals surface area contributed by atoms with Crippen molar-refractivity contribution in [3.8, 4) is 5.75 Å². The molecule has 0 saturated heterocycles. The summed E-state index contributed by atoms with van der Waals surface area (Å²) in [5.41, 5.74) is 1.25. The molecule has 0 fully saturated rings. The van der Waals surface area contributed by atoms with Gasteiger partial charge in [0, 0.05) is 13.2 Å². The average molecular weight is 286 g/mol. The second kappa shape index (κ2) is 12.0. The van der Waals surface area contributed by atoms with E-state index in [0.29, 0.717) is 13.2 Å². The van der Waals surface area contributed by atoms with Gasteiger partial charge in [-0.3, -0.25) is 0 Å². The fraction of sp³-hybridized carbons (Fsp3) is 0.467. The Bertz CT molecular complexity index is 327. The highest BCUT2D eigenvalue weighted by atomic mass is 35.5. The number of rotatable bonds is 10. The van der Waals surface area contributed by atoms with E-state index in [0.717, 1.165) is 38.1 Å². The largest absolute Gasteiger partial charge is 0.490 e. The van der Waals surface area contributed by atoms with E-state index in [1.54, 1.807) is 6.08 Å². The lowest BCUT2D eigenvalue weighted by molar-refractivity contribution is 0.283. The second-order valence-electron chi connectivity index (χ2n) is 4.20. The summed E-state index contributed by atoms with van der Waals surface area (Å²) < 4.78 is 5.42. The van der Waals surface area contributed by atoms with Crippen LogP contribution in [0.15, 0.2) is 36.9 Å². The van der Waals surface area contributed by atoms with Crippen LogP contribution in [0.1, 0.15) is 24.8 Å². The molecule has 0 aliphatic carbocycles. The molecule has 2 N–H and O–H groups in total. The van der Waals surface area contributed by atoms with Crippen LogP contribution in [-0.4, -0.2) is 24.9 Å².